The summed E-state index contributed by atoms with van der Waals surface area (Å²) in [6.45, 7) is 5.33. The number of hydrogen-bond donors (Lipinski definition) is 2. The predicted octanol–water partition coefficient (Wildman–Crippen LogP) is 0.855. The van der Waals surface area contributed by atoms with Gasteiger partial charge < -0.3 is 11.1 Å². The largest absolute Gasteiger partial charge is 0.351 e. The maximum atomic E-state index is 11.8. The van der Waals surface area contributed by atoms with Crippen LogP contribution in [0, 0.1) is 0 Å². The van der Waals surface area contributed by atoms with Gasteiger partial charge in [-0.15, -0.1) is 0 Å². The molecule has 2 aliphatic rings. The number of nitrogens with zero attached hydrogens (tertiary/aromatic N) is 1. The lowest BCUT2D eigenvalue weighted by Gasteiger charge is -2.20. The fraction of sp³-hybridized carbons (Fsp3) is 0.923. The molecule has 1 amide bonds. The van der Waals surface area contributed by atoms with E-state index in [2.05, 4.69) is 24.1 Å². The number of rotatable bonds is 5. The molecule has 1 saturated heterocycles. The summed E-state index contributed by atoms with van der Waals surface area (Å²) < 4.78 is 0. The minimum absolute atomic E-state index is 0.0293. The summed E-state index contributed by atoms with van der Waals surface area (Å²) >= 11 is 0. The van der Waals surface area contributed by atoms with Gasteiger partial charge in [0.2, 0.25) is 5.91 Å². The van der Waals surface area contributed by atoms with Gasteiger partial charge in [0.25, 0.3) is 0 Å². The summed E-state index contributed by atoms with van der Waals surface area (Å²) in [4.78, 5) is 14.4. The highest BCUT2D eigenvalue weighted by Gasteiger charge is 2.39. The summed E-state index contributed by atoms with van der Waals surface area (Å²) in [5.41, 5.74) is 5.82. The molecule has 1 saturated carbocycles. The number of nitrogens with one attached hydrogen (secondary N) is 1. The van der Waals surface area contributed by atoms with Gasteiger partial charge in [0.15, 0.2) is 0 Å². The lowest BCUT2D eigenvalue weighted by Crippen LogP contribution is -2.46. The molecular formula is C13H25N3O. The highest BCUT2D eigenvalue weighted by atomic mass is 16.2. The molecule has 0 aromatic heterocycles. The van der Waals surface area contributed by atoms with Crippen LogP contribution >= 0.6 is 0 Å². The minimum Gasteiger partial charge on any atom is -0.351 e. The van der Waals surface area contributed by atoms with E-state index in [0.29, 0.717) is 12.1 Å². The van der Waals surface area contributed by atoms with E-state index in [9.17, 15) is 4.79 Å². The van der Waals surface area contributed by atoms with Gasteiger partial charge in [-0.2, -0.15) is 0 Å². The molecule has 4 nitrogen and oxygen atoms in total. The Morgan fingerprint density at radius 1 is 1.53 bits per heavy atom. The maximum absolute atomic E-state index is 11.8. The van der Waals surface area contributed by atoms with Crippen LogP contribution < -0.4 is 11.1 Å². The van der Waals surface area contributed by atoms with E-state index in [-0.39, 0.29) is 11.9 Å². The third-order valence-corrected chi connectivity index (χ3v) is 3.92. The van der Waals surface area contributed by atoms with Crippen molar-refractivity contribution in [2.75, 3.05) is 6.54 Å². The van der Waals surface area contributed by atoms with Crippen LogP contribution in [0.1, 0.15) is 46.0 Å². The molecule has 2 fully saturated rings. The average molecular weight is 239 g/mol. The van der Waals surface area contributed by atoms with Crippen molar-refractivity contribution in [3.05, 3.63) is 0 Å². The topological polar surface area (TPSA) is 58.4 Å². The minimum atomic E-state index is -0.328. The first-order valence-electron chi connectivity index (χ1n) is 6.93. The molecule has 2 rings (SSSR count). The van der Waals surface area contributed by atoms with E-state index in [1.807, 2.05) is 0 Å². The van der Waals surface area contributed by atoms with Crippen molar-refractivity contribution in [1.82, 2.24) is 10.2 Å². The standard InChI is InChI=1S/C13H25N3O/c1-3-4-12(14)13(17)15-10-7-9(2)16(8-10)11-5-6-11/h9-12H,3-8,14H2,1-2H3,(H,15,17). The first-order chi connectivity index (χ1) is 8.11. The fourth-order valence-electron chi connectivity index (χ4n) is 2.83. The molecule has 0 aromatic carbocycles. The number of carbonyl (C=O) groups is 1. The molecule has 1 heterocycles. The zero-order valence-electron chi connectivity index (χ0n) is 11.0. The molecule has 0 spiro atoms. The Balaban J connectivity index is 1.78. The van der Waals surface area contributed by atoms with E-state index in [1.54, 1.807) is 0 Å². The van der Waals surface area contributed by atoms with Crippen molar-refractivity contribution in [2.24, 2.45) is 5.73 Å². The quantitative estimate of drug-likeness (QED) is 0.748. The van der Waals surface area contributed by atoms with Crippen LogP contribution in [-0.4, -0.2) is 41.5 Å². The molecule has 0 bridgehead atoms. The average Bonchev–Trinajstić information content (AvgIpc) is 3.04. The summed E-state index contributed by atoms with van der Waals surface area (Å²) in [5.74, 6) is 0.0293. The van der Waals surface area contributed by atoms with Crippen LogP contribution in [0.5, 0.6) is 0 Å². The Kier molecular flexibility index (Phi) is 4.05. The first kappa shape index (κ1) is 12.8. The third kappa shape index (κ3) is 3.19. The summed E-state index contributed by atoms with van der Waals surface area (Å²) in [7, 11) is 0. The summed E-state index contributed by atoms with van der Waals surface area (Å²) in [6.07, 6.45) is 5.48. The molecule has 98 valence electrons. The van der Waals surface area contributed by atoms with Crippen LogP contribution in [0.4, 0.5) is 0 Å². The van der Waals surface area contributed by atoms with Crippen molar-refractivity contribution in [3.63, 3.8) is 0 Å². The Bertz CT molecular complexity index is 278. The van der Waals surface area contributed by atoms with Gasteiger partial charge in [-0.1, -0.05) is 13.3 Å². The lowest BCUT2D eigenvalue weighted by atomic mass is 10.1. The van der Waals surface area contributed by atoms with Crippen molar-refractivity contribution >= 4 is 5.91 Å². The first-order valence-corrected chi connectivity index (χ1v) is 6.93. The highest BCUT2D eigenvalue weighted by Crippen LogP contribution is 2.33. The lowest BCUT2D eigenvalue weighted by molar-refractivity contribution is -0.123. The Morgan fingerprint density at radius 2 is 2.24 bits per heavy atom. The van der Waals surface area contributed by atoms with Gasteiger partial charge in [-0.05, 0) is 32.6 Å². The number of carbonyl (C=O) groups excluding carboxylic acids is 1. The van der Waals surface area contributed by atoms with E-state index in [4.69, 9.17) is 5.73 Å². The molecule has 0 radical (unpaired) electrons. The van der Waals surface area contributed by atoms with Crippen molar-refractivity contribution in [3.8, 4) is 0 Å². The fourth-order valence-corrected chi connectivity index (χ4v) is 2.83. The molecule has 3 unspecified atom stereocenters. The van der Waals surface area contributed by atoms with Crippen LogP contribution in [-0.2, 0) is 4.79 Å². The Morgan fingerprint density at radius 3 is 2.82 bits per heavy atom. The van der Waals surface area contributed by atoms with Gasteiger partial charge in [-0.25, -0.2) is 0 Å². The molecule has 3 N–H and O–H groups in total. The van der Waals surface area contributed by atoms with Gasteiger partial charge in [0.05, 0.1) is 6.04 Å². The molecular weight excluding hydrogens is 214 g/mol. The normalized spacial score (nSPS) is 31.5. The van der Waals surface area contributed by atoms with E-state index >= 15 is 0 Å². The van der Waals surface area contributed by atoms with Crippen LogP contribution in [0.3, 0.4) is 0 Å². The molecule has 1 aliphatic heterocycles. The molecule has 1 aliphatic carbocycles. The van der Waals surface area contributed by atoms with Gasteiger partial charge in [0, 0.05) is 24.7 Å². The smallest absolute Gasteiger partial charge is 0.237 e. The number of hydrogen-bond acceptors (Lipinski definition) is 3. The third-order valence-electron chi connectivity index (χ3n) is 3.92. The monoisotopic (exact) mass is 239 g/mol. The van der Waals surface area contributed by atoms with Crippen molar-refractivity contribution in [1.29, 1.82) is 0 Å². The van der Waals surface area contributed by atoms with Crippen LogP contribution in [0.15, 0.2) is 0 Å². The van der Waals surface area contributed by atoms with Gasteiger partial charge in [-0.3, -0.25) is 9.69 Å². The number of amides is 1. The second kappa shape index (κ2) is 5.36. The zero-order valence-corrected chi connectivity index (χ0v) is 11.0. The second-order valence-electron chi connectivity index (χ2n) is 5.61. The number of nitrogens with two attached hydrogens (primary N) is 1. The van der Waals surface area contributed by atoms with Gasteiger partial charge in [0.1, 0.15) is 0 Å². The SMILES string of the molecule is CCCC(N)C(=O)NC1CC(C)N(C2CC2)C1. The summed E-state index contributed by atoms with van der Waals surface area (Å²) in [5, 5.41) is 3.10. The van der Waals surface area contributed by atoms with Gasteiger partial charge >= 0.3 is 0 Å². The van der Waals surface area contributed by atoms with Crippen LogP contribution in [0.2, 0.25) is 0 Å². The van der Waals surface area contributed by atoms with Crippen LogP contribution in [0.25, 0.3) is 0 Å². The zero-order chi connectivity index (χ0) is 12.4. The van der Waals surface area contributed by atoms with E-state index in [0.717, 1.165) is 31.8 Å². The summed E-state index contributed by atoms with van der Waals surface area (Å²) in [6, 6.07) is 1.37. The Hall–Kier alpha value is -0.610. The number of likely N-dealkylation sites (tertiary alicyclic amines) is 1. The van der Waals surface area contributed by atoms with Crippen molar-refractivity contribution < 1.29 is 4.79 Å². The highest BCUT2D eigenvalue weighted by molar-refractivity contribution is 5.81. The molecule has 4 heteroatoms. The predicted molar refractivity (Wildman–Crippen MR) is 68.6 cm³/mol. The van der Waals surface area contributed by atoms with E-state index < -0.39 is 0 Å². The molecule has 0 aromatic rings. The second-order valence-corrected chi connectivity index (χ2v) is 5.61. The van der Waals surface area contributed by atoms with E-state index in [1.165, 1.54) is 12.8 Å². The maximum Gasteiger partial charge on any atom is 0.237 e. The van der Waals surface area contributed by atoms with Crippen molar-refractivity contribution in [2.45, 2.75) is 70.1 Å². The molecule has 3 atom stereocenters. The molecule has 17 heavy (non-hydrogen) atoms. The Labute approximate surface area is 104 Å².